The lowest BCUT2D eigenvalue weighted by molar-refractivity contribution is 0.0647. The van der Waals surface area contributed by atoms with Crippen LogP contribution in [0.5, 0.6) is 0 Å². The fourth-order valence-electron chi connectivity index (χ4n) is 2.25. The molecule has 108 valence electrons. The Hall–Kier alpha value is -1.59. The van der Waals surface area contributed by atoms with Crippen LogP contribution in [0.1, 0.15) is 17.3 Å². The van der Waals surface area contributed by atoms with Crippen molar-refractivity contribution >= 4 is 17.5 Å². The number of aromatic amines is 1. The molecule has 0 aromatic carbocycles. The molecule has 0 aliphatic carbocycles. The summed E-state index contributed by atoms with van der Waals surface area (Å²) < 4.78 is 0. The Bertz CT molecular complexity index is 574. The van der Waals surface area contributed by atoms with Gasteiger partial charge in [-0.25, -0.2) is 0 Å². The molecule has 0 atom stereocenters. The van der Waals surface area contributed by atoms with Gasteiger partial charge in [-0.05, 0) is 13.0 Å². The number of halogens is 1. The molecule has 1 fully saturated rings. The van der Waals surface area contributed by atoms with E-state index in [2.05, 4.69) is 16.5 Å². The first-order valence-electron chi connectivity index (χ1n) is 6.51. The quantitative estimate of drug-likeness (QED) is 0.857. The van der Waals surface area contributed by atoms with Crippen LogP contribution in [0, 0.1) is 0 Å². The van der Waals surface area contributed by atoms with E-state index in [-0.39, 0.29) is 16.5 Å². The molecule has 6 heteroatoms. The van der Waals surface area contributed by atoms with Crippen LogP contribution in [-0.4, -0.2) is 53.4 Å². The molecule has 0 unspecified atom stereocenters. The van der Waals surface area contributed by atoms with Crippen LogP contribution in [0.25, 0.3) is 0 Å². The molecule has 1 saturated heterocycles. The van der Waals surface area contributed by atoms with Crippen molar-refractivity contribution in [3.05, 3.63) is 45.4 Å². The number of piperazine rings is 1. The molecule has 0 bridgehead atoms. The summed E-state index contributed by atoms with van der Waals surface area (Å²) in [6, 6.07) is 1.42. The van der Waals surface area contributed by atoms with E-state index in [9.17, 15) is 9.59 Å². The lowest BCUT2D eigenvalue weighted by Gasteiger charge is -2.34. The lowest BCUT2D eigenvalue weighted by Crippen LogP contribution is -2.49. The molecule has 1 aliphatic rings. The Balaban J connectivity index is 1.99. The third-order valence-electron chi connectivity index (χ3n) is 3.26. The van der Waals surface area contributed by atoms with E-state index in [0.717, 1.165) is 25.2 Å². The van der Waals surface area contributed by atoms with E-state index in [1.807, 2.05) is 6.92 Å². The van der Waals surface area contributed by atoms with Crippen molar-refractivity contribution < 1.29 is 4.79 Å². The number of H-pyrrole nitrogens is 1. The summed E-state index contributed by atoms with van der Waals surface area (Å²) in [4.78, 5) is 30.0. The van der Waals surface area contributed by atoms with Gasteiger partial charge in [-0.3, -0.25) is 14.5 Å². The summed E-state index contributed by atoms with van der Waals surface area (Å²) in [5.74, 6) is -0.0990. The Kier molecular flexibility index (Phi) is 4.62. The highest BCUT2D eigenvalue weighted by Crippen LogP contribution is 2.11. The number of hydrogen-bond acceptors (Lipinski definition) is 3. The number of carbonyl (C=O) groups excluding carboxylic acids is 1. The van der Waals surface area contributed by atoms with Gasteiger partial charge in [-0.2, -0.15) is 0 Å². The topological polar surface area (TPSA) is 56.4 Å². The third kappa shape index (κ3) is 3.49. The number of nitrogens with zero attached hydrogens (tertiary/aromatic N) is 2. The number of carbonyl (C=O) groups is 1. The van der Waals surface area contributed by atoms with Crippen molar-refractivity contribution in [1.29, 1.82) is 0 Å². The first kappa shape index (κ1) is 14.8. The van der Waals surface area contributed by atoms with Gasteiger partial charge in [0.15, 0.2) is 0 Å². The number of hydrogen-bond donors (Lipinski definition) is 1. The summed E-state index contributed by atoms with van der Waals surface area (Å²) in [5.41, 5.74) is 1.16. The second-order valence-electron chi connectivity index (χ2n) is 5.09. The predicted molar refractivity (Wildman–Crippen MR) is 79.2 cm³/mol. The molecule has 2 heterocycles. The SMILES string of the molecule is C=C(C)CN1CCN(C(=O)c2c[nH]c(=O)c(Cl)c2)CC1. The number of nitrogens with one attached hydrogen (secondary N) is 1. The maximum atomic E-state index is 12.3. The van der Waals surface area contributed by atoms with Crippen molar-refractivity contribution in [2.24, 2.45) is 0 Å². The molecule has 0 spiro atoms. The van der Waals surface area contributed by atoms with Crippen LogP contribution in [0.2, 0.25) is 5.02 Å². The van der Waals surface area contributed by atoms with E-state index in [0.29, 0.717) is 18.7 Å². The van der Waals surface area contributed by atoms with Crippen LogP contribution >= 0.6 is 11.6 Å². The average molecular weight is 296 g/mol. The molecule has 20 heavy (non-hydrogen) atoms. The zero-order valence-corrected chi connectivity index (χ0v) is 12.2. The number of rotatable bonds is 3. The van der Waals surface area contributed by atoms with E-state index in [4.69, 9.17) is 11.6 Å². The van der Waals surface area contributed by atoms with Gasteiger partial charge in [-0.1, -0.05) is 23.8 Å². The molecule has 0 saturated carbocycles. The van der Waals surface area contributed by atoms with Crippen LogP contribution in [0.4, 0.5) is 0 Å². The maximum absolute atomic E-state index is 12.3. The zero-order chi connectivity index (χ0) is 14.7. The van der Waals surface area contributed by atoms with Gasteiger partial charge in [0, 0.05) is 38.9 Å². The fourth-order valence-corrected chi connectivity index (χ4v) is 2.42. The molecule has 5 nitrogen and oxygen atoms in total. The zero-order valence-electron chi connectivity index (χ0n) is 11.5. The van der Waals surface area contributed by atoms with Crippen molar-refractivity contribution in [3.63, 3.8) is 0 Å². The second kappa shape index (κ2) is 6.24. The standard InChI is InChI=1S/C14H18ClN3O2/c1-10(2)9-17-3-5-18(6-4-17)14(20)11-7-12(15)13(19)16-8-11/h7-8H,1,3-6,9H2,2H3,(H,16,19). The monoisotopic (exact) mass is 295 g/mol. The van der Waals surface area contributed by atoms with E-state index in [1.54, 1.807) is 4.90 Å². The Labute approximate surface area is 122 Å². The van der Waals surface area contributed by atoms with Gasteiger partial charge in [0.1, 0.15) is 5.02 Å². The van der Waals surface area contributed by atoms with Crippen molar-refractivity contribution in [2.75, 3.05) is 32.7 Å². The van der Waals surface area contributed by atoms with Gasteiger partial charge in [-0.15, -0.1) is 0 Å². The van der Waals surface area contributed by atoms with Gasteiger partial charge >= 0.3 is 0 Å². The minimum absolute atomic E-state index is 0.0387. The molecule has 1 aromatic rings. The van der Waals surface area contributed by atoms with E-state index < -0.39 is 0 Å². The number of aromatic nitrogens is 1. The summed E-state index contributed by atoms with van der Waals surface area (Å²) in [6.45, 7) is 9.76. The lowest BCUT2D eigenvalue weighted by atomic mass is 10.2. The molecule has 1 aliphatic heterocycles. The molecule has 0 radical (unpaired) electrons. The Morgan fingerprint density at radius 3 is 2.60 bits per heavy atom. The van der Waals surface area contributed by atoms with Gasteiger partial charge < -0.3 is 9.88 Å². The number of amides is 1. The summed E-state index contributed by atoms with van der Waals surface area (Å²) in [7, 11) is 0. The van der Waals surface area contributed by atoms with Crippen molar-refractivity contribution in [2.45, 2.75) is 6.92 Å². The second-order valence-corrected chi connectivity index (χ2v) is 5.50. The van der Waals surface area contributed by atoms with Crippen molar-refractivity contribution in [1.82, 2.24) is 14.8 Å². The summed E-state index contributed by atoms with van der Waals surface area (Å²) >= 11 is 5.74. The Morgan fingerprint density at radius 1 is 1.40 bits per heavy atom. The van der Waals surface area contributed by atoms with Crippen LogP contribution in [-0.2, 0) is 0 Å². The maximum Gasteiger partial charge on any atom is 0.266 e. The largest absolute Gasteiger partial charge is 0.336 e. The summed E-state index contributed by atoms with van der Waals surface area (Å²) in [5, 5.41) is 0.0387. The van der Waals surface area contributed by atoms with Crippen LogP contribution < -0.4 is 5.56 Å². The van der Waals surface area contributed by atoms with Crippen LogP contribution in [0.15, 0.2) is 29.2 Å². The Morgan fingerprint density at radius 2 is 2.05 bits per heavy atom. The molecule has 1 N–H and O–H groups in total. The first-order chi connectivity index (χ1) is 9.47. The van der Waals surface area contributed by atoms with Gasteiger partial charge in [0.05, 0.1) is 5.56 Å². The van der Waals surface area contributed by atoms with Gasteiger partial charge in [0.25, 0.3) is 11.5 Å². The highest BCUT2D eigenvalue weighted by atomic mass is 35.5. The molecular weight excluding hydrogens is 278 g/mol. The van der Waals surface area contributed by atoms with E-state index >= 15 is 0 Å². The smallest absolute Gasteiger partial charge is 0.266 e. The molecule has 2 rings (SSSR count). The minimum atomic E-state index is -0.380. The highest BCUT2D eigenvalue weighted by Gasteiger charge is 2.22. The minimum Gasteiger partial charge on any atom is -0.336 e. The van der Waals surface area contributed by atoms with Crippen molar-refractivity contribution in [3.8, 4) is 0 Å². The number of pyridine rings is 1. The normalized spacial score (nSPS) is 16.2. The van der Waals surface area contributed by atoms with E-state index in [1.165, 1.54) is 12.3 Å². The highest BCUT2D eigenvalue weighted by molar-refractivity contribution is 6.30. The first-order valence-corrected chi connectivity index (χ1v) is 6.89. The average Bonchev–Trinajstić information content (AvgIpc) is 2.41. The van der Waals surface area contributed by atoms with Crippen LogP contribution in [0.3, 0.4) is 0 Å². The molecular formula is C14H18ClN3O2. The van der Waals surface area contributed by atoms with Gasteiger partial charge in [0.2, 0.25) is 0 Å². The fraction of sp³-hybridized carbons (Fsp3) is 0.429. The third-order valence-corrected chi connectivity index (χ3v) is 3.54. The molecule has 1 aromatic heterocycles. The molecule has 1 amide bonds. The predicted octanol–water partition coefficient (Wildman–Crippen LogP) is 1.36. The summed E-state index contributed by atoms with van der Waals surface area (Å²) in [6.07, 6.45) is 1.41.